The maximum absolute atomic E-state index is 15.1. The molecule has 1 heterocycles. The van der Waals surface area contributed by atoms with Gasteiger partial charge in [-0.15, -0.1) is 0 Å². The SMILES string of the molecule is [2H]CN(C(=O)OC(C)(C)C)[C@@H](Cc1ccccc1)C(=O)N1CCC[C@H]1C(=O)NC(CCCN=C(NC(=O)OC(C)(C)C)NC(=O)OC(C)(C)C)C(=O)C(F)(F)CCC. The first-order valence-electron chi connectivity index (χ1n) is 19.9. The summed E-state index contributed by atoms with van der Waals surface area (Å²) in [5, 5.41) is 7.10. The molecule has 0 bridgehead atoms. The first-order chi connectivity index (χ1) is 26.8. The lowest BCUT2D eigenvalue weighted by molar-refractivity contribution is -0.149. The number of ketones is 1. The summed E-state index contributed by atoms with van der Waals surface area (Å²) >= 11 is 0. The number of hydrogen-bond donors (Lipinski definition) is 3. The Morgan fingerprint density at radius 3 is 1.98 bits per heavy atom. The summed E-state index contributed by atoms with van der Waals surface area (Å²) in [6, 6.07) is 4.69. The van der Waals surface area contributed by atoms with Crippen LogP contribution in [0, 0.1) is 0 Å². The second-order valence-corrected chi connectivity index (χ2v) is 16.9. The van der Waals surface area contributed by atoms with Gasteiger partial charge in [-0.2, -0.15) is 8.78 Å². The van der Waals surface area contributed by atoms with E-state index < -0.39 is 90.2 Å². The van der Waals surface area contributed by atoms with Gasteiger partial charge in [-0.3, -0.25) is 34.9 Å². The molecular weight excluding hydrogens is 746 g/mol. The van der Waals surface area contributed by atoms with Crippen molar-refractivity contribution in [1.29, 1.82) is 0 Å². The monoisotopic (exact) mass is 809 g/mol. The smallest absolute Gasteiger partial charge is 0.414 e. The number of likely N-dealkylation sites (N-methyl/N-ethyl adjacent to an activating group) is 1. The second-order valence-electron chi connectivity index (χ2n) is 16.9. The zero-order valence-corrected chi connectivity index (χ0v) is 35.0. The highest BCUT2D eigenvalue weighted by Gasteiger charge is 2.45. The molecule has 3 atom stereocenters. The van der Waals surface area contributed by atoms with Crippen LogP contribution in [0.5, 0.6) is 0 Å². The van der Waals surface area contributed by atoms with Crippen LogP contribution in [0.2, 0.25) is 0 Å². The van der Waals surface area contributed by atoms with E-state index in [2.05, 4.69) is 20.9 Å². The molecule has 2 rings (SSSR count). The Bertz CT molecular complexity index is 1580. The molecule has 15 nitrogen and oxygen atoms in total. The molecule has 0 saturated carbocycles. The Kier molecular flexibility index (Phi) is 16.8. The number of halogens is 2. The molecule has 0 aromatic heterocycles. The topological polar surface area (TPSA) is 185 Å². The number of alkyl halides is 2. The van der Waals surface area contributed by atoms with Gasteiger partial charge in [0, 0.05) is 34.3 Å². The zero-order valence-electron chi connectivity index (χ0n) is 36.0. The summed E-state index contributed by atoms with van der Waals surface area (Å²) in [7, 11) is -0.628. The molecule has 320 valence electrons. The molecule has 1 aromatic carbocycles. The number of nitrogens with zero attached hydrogens (tertiary/aromatic N) is 3. The molecule has 1 aliphatic rings. The highest BCUT2D eigenvalue weighted by Crippen LogP contribution is 2.26. The first kappa shape index (κ1) is 46.6. The van der Waals surface area contributed by atoms with E-state index in [1.165, 1.54) is 11.8 Å². The van der Waals surface area contributed by atoms with Gasteiger partial charge in [-0.1, -0.05) is 37.3 Å². The summed E-state index contributed by atoms with van der Waals surface area (Å²) in [5.74, 6) is -7.15. The number of carbonyl (C=O) groups excluding carboxylic acids is 6. The van der Waals surface area contributed by atoms with Crippen LogP contribution in [0.1, 0.15) is 115 Å². The van der Waals surface area contributed by atoms with Crippen molar-refractivity contribution in [3.05, 3.63) is 35.9 Å². The fourth-order valence-corrected chi connectivity index (χ4v) is 5.74. The van der Waals surface area contributed by atoms with Crippen molar-refractivity contribution >= 4 is 41.8 Å². The Morgan fingerprint density at radius 1 is 0.912 bits per heavy atom. The van der Waals surface area contributed by atoms with E-state index >= 15 is 8.78 Å². The van der Waals surface area contributed by atoms with Crippen LogP contribution >= 0.6 is 0 Å². The van der Waals surface area contributed by atoms with Gasteiger partial charge in [0.25, 0.3) is 0 Å². The lowest BCUT2D eigenvalue weighted by Gasteiger charge is -2.34. The Labute approximate surface area is 336 Å². The number of ether oxygens (including phenoxy) is 3. The van der Waals surface area contributed by atoms with Crippen molar-refractivity contribution in [3.63, 3.8) is 0 Å². The minimum absolute atomic E-state index is 0.00105. The second kappa shape index (κ2) is 20.5. The summed E-state index contributed by atoms with van der Waals surface area (Å²) in [4.78, 5) is 86.2. The van der Waals surface area contributed by atoms with Crippen molar-refractivity contribution in [3.8, 4) is 0 Å². The lowest BCUT2D eigenvalue weighted by Crippen LogP contribution is -2.57. The summed E-state index contributed by atoms with van der Waals surface area (Å²) in [5.41, 5.74) is -2.03. The van der Waals surface area contributed by atoms with E-state index in [1.807, 2.05) is 0 Å². The number of Topliss-reactive ketones (excluding diaryl/α,β-unsaturated/α-hetero) is 1. The predicted molar refractivity (Wildman–Crippen MR) is 210 cm³/mol. The largest absolute Gasteiger partial charge is 0.444 e. The van der Waals surface area contributed by atoms with Gasteiger partial charge in [0.15, 0.2) is 0 Å². The molecule has 1 fully saturated rings. The van der Waals surface area contributed by atoms with Crippen molar-refractivity contribution in [1.82, 2.24) is 25.8 Å². The van der Waals surface area contributed by atoms with Crippen molar-refractivity contribution < 1.29 is 53.1 Å². The van der Waals surface area contributed by atoms with Crippen LogP contribution in [-0.4, -0.2) is 113 Å². The normalized spacial score (nSPS) is 16.0. The quantitative estimate of drug-likeness (QED) is 0.0861. The van der Waals surface area contributed by atoms with E-state index in [-0.39, 0.29) is 51.2 Å². The third-order valence-electron chi connectivity index (χ3n) is 8.12. The van der Waals surface area contributed by atoms with Gasteiger partial charge in [0.05, 0.1) is 6.04 Å². The van der Waals surface area contributed by atoms with E-state index in [9.17, 15) is 28.8 Å². The van der Waals surface area contributed by atoms with Gasteiger partial charge < -0.3 is 24.4 Å². The van der Waals surface area contributed by atoms with Crippen molar-refractivity contribution in [2.45, 2.75) is 155 Å². The number of hydrogen-bond acceptors (Lipinski definition) is 10. The number of guanidine groups is 1. The molecule has 0 spiro atoms. The maximum atomic E-state index is 15.1. The van der Waals surface area contributed by atoms with Crippen LogP contribution in [-0.2, 0) is 35.0 Å². The zero-order chi connectivity index (χ0) is 44.1. The fraction of sp³-hybridized carbons (Fsp3) is 0.675. The highest BCUT2D eigenvalue weighted by molar-refractivity contribution is 6.01. The predicted octanol–water partition coefficient (Wildman–Crippen LogP) is 6.13. The van der Waals surface area contributed by atoms with Crippen LogP contribution < -0.4 is 16.0 Å². The Balaban J connectivity index is 2.38. The minimum Gasteiger partial charge on any atom is -0.444 e. The molecule has 17 heteroatoms. The number of rotatable bonds is 14. The molecule has 5 amide bonds. The summed E-state index contributed by atoms with van der Waals surface area (Å²) in [6.07, 6.45) is -3.43. The summed E-state index contributed by atoms with van der Waals surface area (Å²) in [6.45, 7) is 16.1. The number of likely N-dealkylation sites (tertiary alicyclic amines) is 1. The van der Waals surface area contributed by atoms with Crippen LogP contribution in [0.15, 0.2) is 35.3 Å². The number of carbonyl (C=O) groups is 6. The molecule has 1 unspecified atom stereocenters. The Hall–Kier alpha value is -4.83. The van der Waals surface area contributed by atoms with Gasteiger partial charge >= 0.3 is 24.2 Å². The standard InChI is InChI=1S/C40H62F2N6O9/c1-12-22-40(41,42)30(49)27(20-16-23-43-33(45-34(52)55-37(2,3)4)46-35(53)56-38(5,6)7)44-31(50)28-21-17-24-48(28)32(51)29(25-26-18-14-13-15-19-26)47(11)36(54)57-39(8,9)10/h13-15,18-19,27-29H,12,16-17,20-25H2,1-11H3,(H,44,50)(H2,43,45,46,52,53)/t27?,28-,29-/m0/s1/i11D. The van der Waals surface area contributed by atoms with Crippen LogP contribution in [0.4, 0.5) is 23.2 Å². The van der Waals surface area contributed by atoms with Crippen LogP contribution in [0.3, 0.4) is 0 Å². The average Bonchev–Trinajstić information content (AvgIpc) is 3.57. The number of aliphatic imine (C=N–C) groups is 1. The number of amides is 5. The van der Waals surface area contributed by atoms with E-state index in [0.717, 1.165) is 4.90 Å². The molecular formula is C40H62F2N6O9. The first-order valence-corrected chi connectivity index (χ1v) is 19.2. The molecule has 1 aliphatic heterocycles. The fourth-order valence-electron chi connectivity index (χ4n) is 5.74. The van der Waals surface area contributed by atoms with Crippen LogP contribution in [0.25, 0.3) is 0 Å². The number of benzene rings is 1. The minimum atomic E-state index is -3.79. The molecule has 1 aromatic rings. The lowest BCUT2D eigenvalue weighted by atomic mass is 9.98. The molecule has 0 radical (unpaired) electrons. The van der Waals surface area contributed by atoms with E-state index in [0.29, 0.717) is 12.0 Å². The molecule has 1 saturated heterocycles. The average molecular weight is 810 g/mol. The third kappa shape index (κ3) is 17.1. The highest BCUT2D eigenvalue weighted by atomic mass is 19.3. The molecule has 0 aliphatic carbocycles. The summed E-state index contributed by atoms with van der Waals surface area (Å²) < 4.78 is 54.5. The van der Waals surface area contributed by atoms with Gasteiger partial charge in [-0.25, -0.2) is 14.4 Å². The van der Waals surface area contributed by atoms with Crippen molar-refractivity contribution in [2.24, 2.45) is 4.99 Å². The van der Waals surface area contributed by atoms with Crippen molar-refractivity contribution in [2.75, 3.05) is 20.1 Å². The molecule has 57 heavy (non-hydrogen) atoms. The molecule has 3 N–H and O–H groups in total. The number of nitrogens with one attached hydrogen (secondary N) is 3. The maximum Gasteiger partial charge on any atom is 0.414 e. The van der Waals surface area contributed by atoms with Gasteiger partial charge in [0.1, 0.15) is 28.9 Å². The van der Waals surface area contributed by atoms with Gasteiger partial charge in [-0.05, 0) is 100.0 Å². The third-order valence-corrected chi connectivity index (χ3v) is 8.12. The van der Waals surface area contributed by atoms with E-state index in [1.54, 1.807) is 92.6 Å². The number of alkyl carbamates (subject to hydrolysis) is 2. The Morgan fingerprint density at radius 2 is 1.47 bits per heavy atom. The van der Waals surface area contributed by atoms with Gasteiger partial charge in [0.2, 0.25) is 23.6 Å². The van der Waals surface area contributed by atoms with E-state index in [4.69, 9.17) is 15.6 Å².